The smallest absolute Gasteiger partial charge is 0.0698 e. The van der Waals surface area contributed by atoms with Crippen LogP contribution < -0.4 is 5.32 Å². The van der Waals surface area contributed by atoms with Gasteiger partial charge >= 0.3 is 0 Å². The molecule has 4 nitrogen and oxygen atoms in total. The quantitative estimate of drug-likeness (QED) is 0.874. The second-order valence-electron chi connectivity index (χ2n) is 4.91. The van der Waals surface area contributed by atoms with Crippen LogP contribution in [-0.2, 0) is 6.54 Å². The average molecular weight is 303 g/mol. The van der Waals surface area contributed by atoms with E-state index in [1.54, 1.807) is 0 Å². The molecule has 0 fully saturated rings. The van der Waals surface area contributed by atoms with E-state index in [1.165, 1.54) is 5.69 Å². The van der Waals surface area contributed by atoms with Crippen molar-refractivity contribution in [2.45, 2.75) is 26.4 Å². The van der Waals surface area contributed by atoms with Gasteiger partial charge in [0.2, 0.25) is 0 Å². The molecule has 0 aliphatic heterocycles. The van der Waals surface area contributed by atoms with Gasteiger partial charge in [-0.3, -0.25) is 4.68 Å². The van der Waals surface area contributed by atoms with Crippen LogP contribution in [0.4, 0.5) is 0 Å². The number of nitrogens with zero attached hydrogens (tertiary/aromatic N) is 3. The summed E-state index contributed by atoms with van der Waals surface area (Å²) in [5, 5.41) is 7.81. The highest BCUT2D eigenvalue weighted by molar-refractivity contribution is 9.10. The normalized spacial score (nSPS) is 13.6. The van der Waals surface area contributed by atoms with E-state index in [4.69, 9.17) is 0 Å². The Hall–Kier alpha value is -0.390. The molecule has 5 heteroatoms. The first kappa shape index (κ1) is 14.7. The van der Waals surface area contributed by atoms with Crippen LogP contribution in [0.1, 0.15) is 25.6 Å². The molecule has 0 aliphatic carbocycles. The lowest BCUT2D eigenvalue weighted by Crippen LogP contribution is -2.27. The Kier molecular flexibility index (Phi) is 5.62. The van der Waals surface area contributed by atoms with Gasteiger partial charge in [-0.15, -0.1) is 0 Å². The first-order valence-electron chi connectivity index (χ1n) is 6.00. The van der Waals surface area contributed by atoms with Gasteiger partial charge in [-0.25, -0.2) is 0 Å². The number of hydrogen-bond acceptors (Lipinski definition) is 3. The topological polar surface area (TPSA) is 33.1 Å². The van der Waals surface area contributed by atoms with Crippen molar-refractivity contribution in [1.82, 2.24) is 20.0 Å². The lowest BCUT2D eigenvalue weighted by Gasteiger charge is -2.22. The Morgan fingerprint density at radius 3 is 2.59 bits per heavy atom. The third-order valence-electron chi connectivity index (χ3n) is 2.86. The molecule has 17 heavy (non-hydrogen) atoms. The SMILES string of the molecule is CNC(c1c(Br)cnn1CCN(C)C)C(C)C. The van der Waals surface area contributed by atoms with Crippen molar-refractivity contribution >= 4 is 15.9 Å². The lowest BCUT2D eigenvalue weighted by molar-refractivity contribution is 0.350. The van der Waals surface area contributed by atoms with E-state index in [1.807, 2.05) is 13.2 Å². The Morgan fingerprint density at radius 2 is 2.12 bits per heavy atom. The van der Waals surface area contributed by atoms with E-state index in [0.717, 1.165) is 17.6 Å². The van der Waals surface area contributed by atoms with Gasteiger partial charge in [0.1, 0.15) is 0 Å². The number of aromatic nitrogens is 2. The fourth-order valence-corrected chi connectivity index (χ4v) is 2.48. The van der Waals surface area contributed by atoms with Crippen molar-refractivity contribution < 1.29 is 0 Å². The summed E-state index contributed by atoms with van der Waals surface area (Å²) in [6, 6.07) is 0.328. The number of likely N-dealkylation sites (N-methyl/N-ethyl adjacent to an activating group) is 1. The highest BCUT2D eigenvalue weighted by Crippen LogP contribution is 2.28. The Bertz CT molecular complexity index is 346. The van der Waals surface area contributed by atoms with E-state index in [9.17, 15) is 0 Å². The largest absolute Gasteiger partial charge is 0.311 e. The molecule has 0 aromatic carbocycles. The second-order valence-corrected chi connectivity index (χ2v) is 5.77. The molecule has 0 saturated heterocycles. The highest BCUT2D eigenvalue weighted by atomic mass is 79.9. The monoisotopic (exact) mass is 302 g/mol. The number of hydrogen-bond donors (Lipinski definition) is 1. The van der Waals surface area contributed by atoms with E-state index >= 15 is 0 Å². The van der Waals surface area contributed by atoms with Gasteiger partial charge in [0, 0.05) is 6.54 Å². The standard InChI is InChI=1S/C12H23BrN4/c1-9(2)11(14-3)12-10(13)8-15-17(12)7-6-16(4)5/h8-9,11,14H,6-7H2,1-5H3. The number of nitrogens with one attached hydrogen (secondary N) is 1. The third-order valence-corrected chi connectivity index (χ3v) is 3.48. The summed E-state index contributed by atoms with van der Waals surface area (Å²) in [5.74, 6) is 0.533. The molecule has 1 rings (SSSR count). The summed E-state index contributed by atoms with van der Waals surface area (Å²) in [6.07, 6.45) is 1.89. The van der Waals surface area contributed by atoms with Crippen LogP contribution in [0.2, 0.25) is 0 Å². The van der Waals surface area contributed by atoms with Gasteiger partial charge in [0.05, 0.1) is 29.0 Å². The van der Waals surface area contributed by atoms with Crippen molar-refractivity contribution in [3.63, 3.8) is 0 Å². The predicted octanol–water partition coefficient (Wildman–Crippen LogP) is 2.12. The van der Waals surface area contributed by atoms with Gasteiger partial charge in [0.25, 0.3) is 0 Å². The molecule has 1 aromatic rings. The zero-order valence-corrected chi connectivity index (χ0v) is 13.0. The second kappa shape index (κ2) is 6.52. The van der Waals surface area contributed by atoms with Crippen LogP contribution in [0.25, 0.3) is 0 Å². The Labute approximate surface area is 113 Å². The van der Waals surface area contributed by atoms with Gasteiger partial charge in [-0.05, 0) is 43.0 Å². The highest BCUT2D eigenvalue weighted by Gasteiger charge is 2.21. The molecule has 0 spiro atoms. The maximum atomic E-state index is 4.44. The molecule has 0 amide bonds. The number of halogens is 1. The fourth-order valence-electron chi connectivity index (χ4n) is 1.94. The molecule has 0 radical (unpaired) electrons. The molecular formula is C12H23BrN4. The van der Waals surface area contributed by atoms with E-state index in [0.29, 0.717) is 12.0 Å². The molecule has 0 bridgehead atoms. The lowest BCUT2D eigenvalue weighted by atomic mass is 10.0. The van der Waals surface area contributed by atoms with Gasteiger partial charge in [-0.2, -0.15) is 5.10 Å². The first-order chi connectivity index (χ1) is 7.97. The maximum Gasteiger partial charge on any atom is 0.0698 e. The van der Waals surface area contributed by atoms with Crippen LogP contribution in [0.5, 0.6) is 0 Å². The molecule has 1 unspecified atom stereocenters. The predicted molar refractivity (Wildman–Crippen MR) is 75.1 cm³/mol. The fraction of sp³-hybridized carbons (Fsp3) is 0.750. The van der Waals surface area contributed by atoms with E-state index in [2.05, 4.69) is 63.9 Å². The summed E-state index contributed by atoms with van der Waals surface area (Å²) in [4.78, 5) is 2.17. The Balaban J connectivity index is 2.92. The van der Waals surface area contributed by atoms with Crippen LogP contribution >= 0.6 is 15.9 Å². The van der Waals surface area contributed by atoms with Crippen molar-refractivity contribution in [1.29, 1.82) is 0 Å². The Morgan fingerprint density at radius 1 is 1.47 bits per heavy atom. The van der Waals surface area contributed by atoms with Gasteiger partial charge in [0.15, 0.2) is 0 Å². The zero-order valence-electron chi connectivity index (χ0n) is 11.4. The van der Waals surface area contributed by atoms with Crippen LogP contribution in [0.15, 0.2) is 10.7 Å². The minimum Gasteiger partial charge on any atom is -0.311 e. The third kappa shape index (κ3) is 3.79. The van der Waals surface area contributed by atoms with Crippen molar-refractivity contribution in [2.24, 2.45) is 5.92 Å². The first-order valence-corrected chi connectivity index (χ1v) is 6.79. The molecule has 0 aliphatic rings. The minimum absolute atomic E-state index is 0.328. The van der Waals surface area contributed by atoms with Crippen molar-refractivity contribution in [3.05, 3.63) is 16.4 Å². The van der Waals surface area contributed by atoms with Crippen LogP contribution in [0, 0.1) is 5.92 Å². The summed E-state index contributed by atoms with van der Waals surface area (Å²) >= 11 is 3.60. The molecule has 98 valence electrons. The molecule has 1 atom stereocenters. The summed E-state index contributed by atoms with van der Waals surface area (Å²) in [5.41, 5.74) is 1.24. The van der Waals surface area contributed by atoms with Gasteiger partial charge < -0.3 is 10.2 Å². The van der Waals surface area contributed by atoms with E-state index in [-0.39, 0.29) is 0 Å². The molecule has 1 heterocycles. The number of rotatable bonds is 6. The molecular weight excluding hydrogens is 280 g/mol. The van der Waals surface area contributed by atoms with Crippen molar-refractivity contribution in [3.8, 4) is 0 Å². The zero-order chi connectivity index (χ0) is 13.0. The van der Waals surface area contributed by atoms with Crippen LogP contribution in [0.3, 0.4) is 0 Å². The van der Waals surface area contributed by atoms with E-state index < -0.39 is 0 Å². The molecule has 1 aromatic heterocycles. The maximum absolute atomic E-state index is 4.44. The van der Waals surface area contributed by atoms with Crippen molar-refractivity contribution in [2.75, 3.05) is 27.7 Å². The molecule has 0 saturated carbocycles. The minimum atomic E-state index is 0.328. The summed E-state index contributed by atoms with van der Waals surface area (Å²) in [6.45, 7) is 6.35. The summed E-state index contributed by atoms with van der Waals surface area (Å²) < 4.78 is 3.18. The average Bonchev–Trinajstić information content (AvgIpc) is 2.59. The summed E-state index contributed by atoms with van der Waals surface area (Å²) in [7, 11) is 6.16. The molecule has 1 N–H and O–H groups in total. The van der Waals surface area contributed by atoms with Gasteiger partial charge in [-0.1, -0.05) is 13.8 Å². The van der Waals surface area contributed by atoms with Crippen LogP contribution in [-0.4, -0.2) is 42.4 Å².